The highest BCUT2D eigenvalue weighted by atomic mass is 127. The van der Waals surface area contributed by atoms with E-state index in [2.05, 4.69) is 11.9 Å². The summed E-state index contributed by atoms with van der Waals surface area (Å²) in [6, 6.07) is 0. The van der Waals surface area contributed by atoms with E-state index >= 15 is 0 Å². The predicted octanol–water partition coefficient (Wildman–Crippen LogP) is 6.30. The van der Waals surface area contributed by atoms with E-state index in [9.17, 15) is 8.78 Å². The molecule has 0 aliphatic heterocycles. The first-order valence-electron chi connectivity index (χ1n) is 6.67. The number of halogens is 4. The summed E-state index contributed by atoms with van der Waals surface area (Å²) >= 11 is 5.20. The van der Waals surface area contributed by atoms with Crippen LogP contribution in [0.15, 0.2) is 0 Å². The van der Waals surface area contributed by atoms with Crippen molar-refractivity contribution in [2.24, 2.45) is 0 Å². The molecule has 2 rings (SSSR count). The van der Waals surface area contributed by atoms with Gasteiger partial charge < -0.3 is 0 Å². The van der Waals surface area contributed by atoms with Crippen LogP contribution in [-0.2, 0) is 6.42 Å². The van der Waals surface area contributed by atoms with Crippen molar-refractivity contribution >= 4 is 66.7 Å². The second-order valence-corrected chi connectivity index (χ2v) is 7.95. The lowest BCUT2D eigenvalue weighted by Crippen LogP contribution is -1.94. The highest BCUT2D eigenvalue weighted by Crippen LogP contribution is 2.34. The minimum atomic E-state index is -0.776. The zero-order valence-corrected chi connectivity index (χ0v) is 16.2. The van der Waals surface area contributed by atoms with Gasteiger partial charge in [0.15, 0.2) is 11.6 Å². The van der Waals surface area contributed by atoms with Gasteiger partial charge in [-0.1, -0.05) is 32.6 Å². The van der Waals surface area contributed by atoms with E-state index in [0.29, 0.717) is 12.7 Å². The molecule has 0 spiro atoms. The Morgan fingerprint density at radius 1 is 1.00 bits per heavy atom. The van der Waals surface area contributed by atoms with Gasteiger partial charge >= 0.3 is 0 Å². The molecule has 0 saturated carbocycles. The van der Waals surface area contributed by atoms with E-state index in [4.69, 9.17) is 0 Å². The molecule has 1 aromatic carbocycles. The van der Waals surface area contributed by atoms with Crippen LogP contribution in [0.2, 0.25) is 0 Å². The summed E-state index contributed by atoms with van der Waals surface area (Å²) in [6.45, 7) is 2.19. The summed E-state index contributed by atoms with van der Waals surface area (Å²) in [6.07, 6.45) is 6.94. The molecule has 0 unspecified atom stereocenters. The first kappa shape index (κ1) is 16.8. The van der Waals surface area contributed by atoms with Gasteiger partial charge in [-0.15, -0.1) is 11.3 Å². The third-order valence-electron chi connectivity index (χ3n) is 3.15. The Hall–Kier alpha value is 0.430. The smallest absolute Gasteiger partial charge is 0.175 e. The summed E-state index contributed by atoms with van der Waals surface area (Å²) in [4.78, 5) is 4.49. The van der Waals surface area contributed by atoms with Crippen molar-refractivity contribution in [3.8, 4) is 0 Å². The number of fused-ring (bicyclic) bond motifs is 1. The molecule has 0 saturated heterocycles. The topological polar surface area (TPSA) is 12.9 Å². The van der Waals surface area contributed by atoms with Crippen molar-refractivity contribution in [3.63, 3.8) is 0 Å². The Balaban J connectivity index is 2.17. The molecular formula is C14H15F2I2NS. The maximum Gasteiger partial charge on any atom is 0.175 e. The Labute approximate surface area is 148 Å². The van der Waals surface area contributed by atoms with Crippen LogP contribution in [0.1, 0.15) is 44.0 Å². The van der Waals surface area contributed by atoms with Crippen LogP contribution in [0.4, 0.5) is 8.78 Å². The maximum absolute atomic E-state index is 13.7. The maximum atomic E-state index is 13.7. The van der Waals surface area contributed by atoms with Gasteiger partial charge in [-0.3, -0.25) is 0 Å². The van der Waals surface area contributed by atoms with E-state index in [1.165, 1.54) is 37.0 Å². The van der Waals surface area contributed by atoms with Crippen LogP contribution in [0.3, 0.4) is 0 Å². The van der Waals surface area contributed by atoms with Crippen molar-refractivity contribution in [3.05, 3.63) is 23.8 Å². The summed E-state index contributed by atoms with van der Waals surface area (Å²) < 4.78 is 28.8. The average Bonchev–Trinajstić information content (AvgIpc) is 2.87. The number of hydrogen-bond acceptors (Lipinski definition) is 2. The summed E-state index contributed by atoms with van der Waals surface area (Å²) in [5.41, 5.74) is 0.613. The van der Waals surface area contributed by atoms with Crippen LogP contribution in [0, 0.1) is 18.8 Å². The lowest BCUT2D eigenvalue weighted by atomic mass is 10.1. The van der Waals surface area contributed by atoms with E-state index in [1.807, 2.05) is 45.2 Å². The molecule has 6 heteroatoms. The van der Waals surface area contributed by atoms with Gasteiger partial charge in [0.05, 0.1) is 22.4 Å². The average molecular weight is 521 g/mol. The van der Waals surface area contributed by atoms with E-state index in [-0.39, 0.29) is 0 Å². The molecule has 1 heterocycles. The lowest BCUT2D eigenvalue weighted by molar-refractivity contribution is 0.501. The van der Waals surface area contributed by atoms with Crippen LogP contribution in [-0.4, -0.2) is 4.98 Å². The molecule has 0 bridgehead atoms. The monoisotopic (exact) mass is 521 g/mol. The van der Waals surface area contributed by atoms with Crippen molar-refractivity contribution in [2.75, 3.05) is 0 Å². The SMILES string of the molecule is CCCCCCCc1nc2c(I)c(F)c(F)c(I)c2s1. The number of thiazole rings is 1. The van der Waals surface area contributed by atoms with E-state index in [1.54, 1.807) is 0 Å². The number of benzene rings is 1. The predicted molar refractivity (Wildman–Crippen MR) is 97.4 cm³/mol. The quantitative estimate of drug-likeness (QED) is 0.188. The molecule has 0 N–H and O–H groups in total. The van der Waals surface area contributed by atoms with Crippen LogP contribution < -0.4 is 0 Å². The molecule has 1 nitrogen and oxygen atoms in total. The summed E-state index contributed by atoms with van der Waals surface area (Å²) in [7, 11) is 0. The van der Waals surface area contributed by atoms with Gasteiger partial charge in [-0.05, 0) is 58.0 Å². The molecule has 2 aromatic rings. The van der Waals surface area contributed by atoms with Crippen molar-refractivity contribution in [1.82, 2.24) is 4.98 Å². The van der Waals surface area contributed by atoms with Gasteiger partial charge in [0, 0.05) is 0 Å². The molecule has 110 valence electrons. The second kappa shape index (κ2) is 7.62. The van der Waals surface area contributed by atoms with Gasteiger partial charge in [-0.2, -0.15) is 0 Å². The fourth-order valence-electron chi connectivity index (χ4n) is 2.05. The number of nitrogens with zero attached hydrogens (tertiary/aromatic N) is 1. The molecule has 0 atom stereocenters. The summed E-state index contributed by atoms with van der Waals surface area (Å²) in [5.74, 6) is -1.53. The number of aromatic nitrogens is 1. The molecule has 0 amide bonds. The van der Waals surface area contributed by atoms with Gasteiger partial charge in [0.1, 0.15) is 0 Å². The minimum absolute atomic E-state index is 0.295. The minimum Gasteiger partial charge on any atom is -0.240 e. The molecule has 0 radical (unpaired) electrons. The zero-order valence-electron chi connectivity index (χ0n) is 11.1. The Morgan fingerprint density at radius 2 is 1.65 bits per heavy atom. The van der Waals surface area contributed by atoms with Crippen LogP contribution in [0.5, 0.6) is 0 Å². The lowest BCUT2D eigenvalue weighted by Gasteiger charge is -2.00. The third-order valence-corrected chi connectivity index (χ3v) is 6.65. The Bertz CT molecular complexity index is 568. The first-order valence-corrected chi connectivity index (χ1v) is 9.65. The van der Waals surface area contributed by atoms with Gasteiger partial charge in [0.2, 0.25) is 0 Å². The largest absolute Gasteiger partial charge is 0.240 e. The highest BCUT2D eigenvalue weighted by Gasteiger charge is 2.20. The van der Waals surface area contributed by atoms with Crippen molar-refractivity contribution in [1.29, 1.82) is 0 Å². The highest BCUT2D eigenvalue weighted by molar-refractivity contribution is 14.1. The fourth-order valence-corrected chi connectivity index (χ4v) is 4.72. The standard InChI is InChI=1S/C14H15F2I2NS/c1-2-3-4-5-6-7-8-19-13-11(17)9(15)10(16)12(18)14(13)20-8/h2-7H2,1H3. The Kier molecular flexibility index (Phi) is 6.40. The zero-order chi connectivity index (χ0) is 14.7. The molecule has 20 heavy (non-hydrogen) atoms. The molecule has 0 aliphatic carbocycles. The van der Waals surface area contributed by atoms with Crippen molar-refractivity contribution < 1.29 is 8.78 Å². The molecule has 0 aliphatic rings. The van der Waals surface area contributed by atoms with E-state index < -0.39 is 11.6 Å². The van der Waals surface area contributed by atoms with Crippen LogP contribution in [0.25, 0.3) is 10.2 Å². The fraction of sp³-hybridized carbons (Fsp3) is 0.500. The normalized spacial score (nSPS) is 11.4. The van der Waals surface area contributed by atoms with Gasteiger partial charge in [-0.25, -0.2) is 13.8 Å². The number of aryl methyl sites for hydroxylation is 1. The molecule has 0 fully saturated rings. The Morgan fingerprint density at radius 3 is 2.35 bits per heavy atom. The summed E-state index contributed by atoms with van der Waals surface area (Å²) in [5, 5.41) is 0.984. The second-order valence-electron chi connectivity index (χ2n) is 4.71. The van der Waals surface area contributed by atoms with Crippen LogP contribution >= 0.6 is 56.5 Å². The number of hydrogen-bond donors (Lipinski definition) is 0. The first-order chi connectivity index (χ1) is 9.56. The molecule has 1 aromatic heterocycles. The number of unbranched alkanes of at least 4 members (excludes halogenated alkanes) is 4. The van der Waals surface area contributed by atoms with Crippen molar-refractivity contribution in [2.45, 2.75) is 45.4 Å². The third kappa shape index (κ3) is 3.60. The number of rotatable bonds is 6. The van der Waals surface area contributed by atoms with Gasteiger partial charge in [0.25, 0.3) is 0 Å². The van der Waals surface area contributed by atoms with E-state index in [0.717, 1.165) is 22.5 Å². The molecular weight excluding hydrogens is 506 g/mol.